The summed E-state index contributed by atoms with van der Waals surface area (Å²) in [6.07, 6.45) is 3.92. The monoisotopic (exact) mass is 170 g/mol. The highest BCUT2D eigenvalue weighted by molar-refractivity contribution is 7.81. The van der Waals surface area contributed by atoms with E-state index < -0.39 is 0 Å². The number of rotatable bonds is 1. The van der Waals surface area contributed by atoms with Gasteiger partial charge in [0.2, 0.25) is 0 Å². The van der Waals surface area contributed by atoms with Crippen LogP contribution in [0.1, 0.15) is 33.1 Å². The lowest BCUT2D eigenvalue weighted by Gasteiger charge is -2.32. The van der Waals surface area contributed by atoms with Crippen LogP contribution >= 0.6 is 12.6 Å². The largest absolute Gasteiger partial charge is 0.175 e. The minimum Gasteiger partial charge on any atom is -0.175 e. The van der Waals surface area contributed by atoms with Gasteiger partial charge in [-0.2, -0.15) is 12.6 Å². The fourth-order valence-electron chi connectivity index (χ4n) is 1.93. The summed E-state index contributed by atoms with van der Waals surface area (Å²) in [5.41, 5.74) is 1.32. The van der Waals surface area contributed by atoms with E-state index in [1.54, 1.807) is 0 Å². The quantitative estimate of drug-likeness (QED) is 0.453. The van der Waals surface area contributed by atoms with Crippen LogP contribution in [0.25, 0.3) is 0 Å². The average molecular weight is 170 g/mol. The average Bonchev–Trinajstić information content (AvgIpc) is 1.85. The van der Waals surface area contributed by atoms with E-state index in [0.29, 0.717) is 11.2 Å². The van der Waals surface area contributed by atoms with Gasteiger partial charge < -0.3 is 0 Å². The van der Waals surface area contributed by atoms with E-state index in [9.17, 15) is 0 Å². The van der Waals surface area contributed by atoms with Gasteiger partial charge in [-0.1, -0.05) is 25.5 Å². The number of hydrogen-bond donors (Lipinski definition) is 1. The Morgan fingerprint density at radius 1 is 1.45 bits per heavy atom. The second kappa shape index (κ2) is 3.66. The topological polar surface area (TPSA) is 0 Å². The molecule has 0 spiro atoms. The maximum atomic E-state index is 4.59. The van der Waals surface area contributed by atoms with E-state index in [1.807, 2.05) is 0 Å². The molecule has 1 saturated carbocycles. The molecule has 1 fully saturated rings. The summed E-state index contributed by atoms with van der Waals surface area (Å²) in [5, 5.41) is 0.566. The highest BCUT2D eigenvalue weighted by atomic mass is 32.1. The van der Waals surface area contributed by atoms with Crippen molar-refractivity contribution in [2.45, 2.75) is 38.4 Å². The van der Waals surface area contributed by atoms with E-state index in [-0.39, 0.29) is 0 Å². The summed E-state index contributed by atoms with van der Waals surface area (Å²) in [6.45, 7) is 8.45. The Bertz CT molecular complexity index is 151. The molecule has 0 saturated heterocycles. The molecule has 0 amide bonds. The fraction of sp³-hybridized carbons (Fsp3) is 0.800. The Morgan fingerprint density at radius 2 is 2.09 bits per heavy atom. The Labute approximate surface area is 75.5 Å². The summed E-state index contributed by atoms with van der Waals surface area (Å²) in [4.78, 5) is 0. The van der Waals surface area contributed by atoms with E-state index in [2.05, 4.69) is 33.1 Å². The zero-order valence-electron chi connectivity index (χ0n) is 7.51. The van der Waals surface area contributed by atoms with Gasteiger partial charge in [0.25, 0.3) is 0 Å². The van der Waals surface area contributed by atoms with Crippen molar-refractivity contribution in [2.24, 2.45) is 11.8 Å². The molecule has 0 bridgehead atoms. The zero-order chi connectivity index (χ0) is 8.43. The molecule has 0 aromatic heterocycles. The maximum Gasteiger partial charge on any atom is 0.00846 e. The SMILES string of the molecule is C=C(C)[C@@H]1CC[C@@H](C)C[C@@H]1S. The maximum absolute atomic E-state index is 4.59. The van der Waals surface area contributed by atoms with Crippen molar-refractivity contribution in [3.8, 4) is 0 Å². The molecule has 3 atom stereocenters. The zero-order valence-corrected chi connectivity index (χ0v) is 8.40. The first-order valence-corrected chi connectivity index (χ1v) is 4.96. The molecule has 0 N–H and O–H groups in total. The molecule has 1 aliphatic carbocycles. The molecule has 11 heavy (non-hydrogen) atoms. The van der Waals surface area contributed by atoms with Gasteiger partial charge in [0.1, 0.15) is 0 Å². The number of hydrogen-bond acceptors (Lipinski definition) is 1. The summed E-state index contributed by atoms with van der Waals surface area (Å²) < 4.78 is 0. The Kier molecular flexibility index (Phi) is 3.06. The van der Waals surface area contributed by atoms with Gasteiger partial charge in [-0.3, -0.25) is 0 Å². The third-order valence-electron chi connectivity index (χ3n) is 2.71. The predicted molar refractivity (Wildman–Crippen MR) is 54.1 cm³/mol. The van der Waals surface area contributed by atoms with Crippen LogP contribution in [0.3, 0.4) is 0 Å². The van der Waals surface area contributed by atoms with Crippen LogP contribution in [0, 0.1) is 11.8 Å². The second-order valence-corrected chi connectivity index (χ2v) is 4.60. The van der Waals surface area contributed by atoms with Crippen LogP contribution in [-0.4, -0.2) is 5.25 Å². The van der Waals surface area contributed by atoms with Gasteiger partial charge in [0.15, 0.2) is 0 Å². The molecule has 1 heteroatoms. The van der Waals surface area contributed by atoms with Crippen molar-refractivity contribution in [3.05, 3.63) is 12.2 Å². The predicted octanol–water partition coefficient (Wildman–Crippen LogP) is 3.30. The van der Waals surface area contributed by atoms with Gasteiger partial charge in [-0.15, -0.1) is 0 Å². The molecule has 0 aromatic carbocycles. The molecule has 1 rings (SSSR count). The minimum absolute atomic E-state index is 0.566. The third kappa shape index (κ3) is 2.26. The summed E-state index contributed by atoms with van der Waals surface area (Å²) >= 11 is 4.59. The van der Waals surface area contributed by atoms with Crippen molar-refractivity contribution in [3.63, 3.8) is 0 Å². The van der Waals surface area contributed by atoms with Crippen LogP contribution in [0.2, 0.25) is 0 Å². The second-order valence-electron chi connectivity index (χ2n) is 3.94. The highest BCUT2D eigenvalue weighted by Crippen LogP contribution is 2.35. The van der Waals surface area contributed by atoms with Crippen molar-refractivity contribution in [1.82, 2.24) is 0 Å². The van der Waals surface area contributed by atoms with Gasteiger partial charge in [0, 0.05) is 5.25 Å². The lowest BCUT2D eigenvalue weighted by molar-refractivity contribution is 0.332. The van der Waals surface area contributed by atoms with Gasteiger partial charge >= 0.3 is 0 Å². The highest BCUT2D eigenvalue weighted by Gasteiger charge is 2.25. The first kappa shape index (κ1) is 9.18. The number of thiol groups is 1. The summed E-state index contributed by atoms with van der Waals surface area (Å²) in [7, 11) is 0. The minimum atomic E-state index is 0.566. The molecule has 64 valence electrons. The molecule has 0 unspecified atom stereocenters. The molecule has 1 aliphatic rings. The standard InChI is InChI=1S/C10H18S/c1-7(2)9-5-4-8(3)6-10(9)11/h8-11H,1,4-6H2,2-3H3/t8-,9+,10+/m1/s1. The van der Waals surface area contributed by atoms with Crippen molar-refractivity contribution >= 4 is 12.6 Å². The van der Waals surface area contributed by atoms with E-state index in [1.165, 1.54) is 24.8 Å². The van der Waals surface area contributed by atoms with E-state index in [0.717, 1.165) is 5.92 Å². The van der Waals surface area contributed by atoms with Gasteiger partial charge in [0.05, 0.1) is 0 Å². The molecule has 0 aromatic rings. The molecule has 0 heterocycles. The van der Waals surface area contributed by atoms with Gasteiger partial charge in [-0.05, 0) is 31.6 Å². The lowest BCUT2D eigenvalue weighted by atomic mass is 9.79. The van der Waals surface area contributed by atoms with Crippen molar-refractivity contribution in [2.75, 3.05) is 0 Å². The normalized spacial score (nSPS) is 38.6. The van der Waals surface area contributed by atoms with Crippen molar-refractivity contribution < 1.29 is 0 Å². The van der Waals surface area contributed by atoms with E-state index in [4.69, 9.17) is 0 Å². The van der Waals surface area contributed by atoms with Crippen LogP contribution in [-0.2, 0) is 0 Å². The Morgan fingerprint density at radius 3 is 2.55 bits per heavy atom. The number of allylic oxidation sites excluding steroid dienone is 1. The Balaban J connectivity index is 2.50. The van der Waals surface area contributed by atoms with Crippen LogP contribution < -0.4 is 0 Å². The smallest absolute Gasteiger partial charge is 0.00846 e. The van der Waals surface area contributed by atoms with Crippen LogP contribution in [0.5, 0.6) is 0 Å². The van der Waals surface area contributed by atoms with Gasteiger partial charge in [-0.25, -0.2) is 0 Å². The third-order valence-corrected chi connectivity index (χ3v) is 3.28. The summed E-state index contributed by atoms with van der Waals surface area (Å²) in [6, 6.07) is 0. The fourth-order valence-corrected chi connectivity index (χ4v) is 2.69. The first-order valence-electron chi connectivity index (χ1n) is 4.44. The molecule has 0 aliphatic heterocycles. The Hall–Kier alpha value is 0.0900. The van der Waals surface area contributed by atoms with Crippen LogP contribution in [0.15, 0.2) is 12.2 Å². The molecular weight excluding hydrogens is 152 g/mol. The van der Waals surface area contributed by atoms with Crippen molar-refractivity contribution in [1.29, 1.82) is 0 Å². The van der Waals surface area contributed by atoms with Crippen LogP contribution in [0.4, 0.5) is 0 Å². The molecule has 0 nitrogen and oxygen atoms in total. The summed E-state index contributed by atoms with van der Waals surface area (Å²) in [5.74, 6) is 1.54. The molecular formula is C10H18S. The first-order chi connectivity index (χ1) is 5.11. The molecule has 0 radical (unpaired) electrons. The van der Waals surface area contributed by atoms with E-state index >= 15 is 0 Å². The lowest BCUT2D eigenvalue weighted by Crippen LogP contribution is -2.24.